The van der Waals surface area contributed by atoms with E-state index in [9.17, 15) is 0 Å². The van der Waals surface area contributed by atoms with E-state index in [2.05, 4.69) is 42.5 Å². The van der Waals surface area contributed by atoms with E-state index in [0.717, 1.165) is 27.3 Å². The Hall–Kier alpha value is 0.423. The van der Waals surface area contributed by atoms with E-state index in [1.54, 1.807) is 0 Å². The van der Waals surface area contributed by atoms with Gasteiger partial charge in [-0.2, -0.15) is 0 Å². The van der Waals surface area contributed by atoms with Gasteiger partial charge >= 0.3 is 128 Å². The fourth-order valence-electron chi connectivity index (χ4n) is 4.80. The van der Waals surface area contributed by atoms with Gasteiger partial charge in [-0.15, -0.1) is 0 Å². The smallest absolute Gasteiger partial charge is 1.00 e. The van der Waals surface area contributed by atoms with Crippen molar-refractivity contribution >= 4 is 0 Å². The molecule has 0 heterocycles. The molecule has 21 heavy (non-hydrogen) atoms. The number of fused-ring (bicyclic) bond motifs is 3. The predicted molar refractivity (Wildman–Crippen MR) is 76.3 cm³/mol. The molecule has 0 nitrogen and oxygen atoms in total. The molecule has 5 unspecified atom stereocenters. The molecule has 0 radical (unpaired) electrons. The van der Waals surface area contributed by atoms with E-state index in [-0.39, 0.29) is 48.0 Å². The van der Waals surface area contributed by atoms with Crippen LogP contribution in [0, 0.1) is 23.7 Å². The van der Waals surface area contributed by atoms with Gasteiger partial charge in [0.05, 0.1) is 0 Å². The van der Waals surface area contributed by atoms with Crippen LogP contribution in [-0.2, 0) is 23.2 Å². The van der Waals surface area contributed by atoms with Gasteiger partial charge in [-0.05, 0) is 0 Å². The summed E-state index contributed by atoms with van der Waals surface area (Å²) in [5.41, 5.74) is 0. The van der Waals surface area contributed by atoms with Crippen LogP contribution in [0.3, 0.4) is 0 Å². The molecule has 3 heteroatoms. The van der Waals surface area contributed by atoms with Gasteiger partial charge in [-0.3, -0.25) is 0 Å². The summed E-state index contributed by atoms with van der Waals surface area (Å²) in [6.07, 6.45) is 24.2. The molecule has 2 fully saturated rings. The van der Waals surface area contributed by atoms with Crippen LogP contribution >= 0.6 is 0 Å². The quantitative estimate of drug-likeness (QED) is 0.552. The van der Waals surface area contributed by atoms with Crippen LogP contribution in [0.1, 0.15) is 32.1 Å². The van der Waals surface area contributed by atoms with Gasteiger partial charge in [0.2, 0.25) is 0 Å². The molecule has 0 N–H and O–H groups in total. The maximum atomic E-state index is 2.57. The molecule has 2 saturated carbocycles. The molecule has 0 aromatic rings. The summed E-state index contributed by atoms with van der Waals surface area (Å²) in [5, 5.41) is 0. The fourth-order valence-corrected chi connectivity index (χ4v) is 9.74. The third kappa shape index (κ3) is 3.36. The normalized spacial score (nSPS) is 38.7. The number of hydrogen-bond acceptors (Lipinski definition) is 0. The third-order valence-electron chi connectivity index (χ3n) is 5.59. The molecule has 0 spiro atoms. The maximum absolute atomic E-state index is 2.57. The summed E-state index contributed by atoms with van der Waals surface area (Å²) in [7, 11) is 0. The standard InChI is InChI=1S/C13H17.C5H5.2ClH.Zr/c1-3-7-12-10(5-1)9-11-6-2-4-8-13(11)12;1-2-4-5-3-1;;;/h1,3,5,7,9-13H,2,4,6,8H2;1-3H,4H2;2*1H;/q;;;;+2/p-2. The van der Waals surface area contributed by atoms with E-state index < -0.39 is 0 Å². The maximum Gasteiger partial charge on any atom is -1.00 e. The van der Waals surface area contributed by atoms with E-state index >= 15 is 0 Å². The molecule has 4 aliphatic carbocycles. The first-order chi connectivity index (χ1) is 9.43. The monoisotopic (exact) mass is 398 g/mol. The van der Waals surface area contributed by atoms with Crippen molar-refractivity contribution in [3.05, 3.63) is 45.8 Å². The van der Waals surface area contributed by atoms with E-state index in [0.29, 0.717) is 0 Å². The number of halogens is 2. The van der Waals surface area contributed by atoms with E-state index in [4.69, 9.17) is 0 Å². The van der Waals surface area contributed by atoms with Crippen LogP contribution in [0.5, 0.6) is 0 Å². The van der Waals surface area contributed by atoms with Crippen molar-refractivity contribution in [2.45, 2.75) is 35.7 Å². The average Bonchev–Trinajstić information content (AvgIpc) is 3.08. The zero-order valence-corrected chi connectivity index (χ0v) is 16.2. The Bertz CT molecular complexity index is 478. The van der Waals surface area contributed by atoms with Crippen LogP contribution in [0.25, 0.3) is 0 Å². The van der Waals surface area contributed by atoms with Crippen LogP contribution in [0.2, 0.25) is 3.63 Å². The summed E-state index contributed by atoms with van der Waals surface area (Å²) in [5.74, 6) is 3.91. The van der Waals surface area contributed by atoms with Crippen LogP contribution < -0.4 is 24.8 Å². The Morgan fingerprint density at radius 3 is 2.29 bits per heavy atom. The molecule has 0 aliphatic heterocycles. The van der Waals surface area contributed by atoms with Gasteiger partial charge in [-0.25, -0.2) is 0 Å². The summed E-state index contributed by atoms with van der Waals surface area (Å²) in [4.78, 5) is 0. The minimum atomic E-state index is -0.369. The second-order valence-electron chi connectivity index (χ2n) is 6.53. The zero-order chi connectivity index (χ0) is 12.7. The molecular weight excluding hydrogens is 378 g/mol. The molecule has 0 aromatic heterocycles. The molecular formula is C18H22Cl2Zr. The van der Waals surface area contributed by atoms with Crippen LogP contribution in [-0.4, -0.2) is 0 Å². The minimum absolute atomic E-state index is 0. The van der Waals surface area contributed by atoms with Crippen molar-refractivity contribution in [1.29, 1.82) is 0 Å². The Morgan fingerprint density at radius 2 is 1.57 bits per heavy atom. The summed E-state index contributed by atoms with van der Waals surface area (Å²) in [6, 6.07) is 0. The Balaban J connectivity index is 0.000000807. The van der Waals surface area contributed by atoms with Crippen molar-refractivity contribution < 1.29 is 48.0 Å². The molecule has 0 bridgehead atoms. The minimum Gasteiger partial charge on any atom is -1.00 e. The average molecular weight is 401 g/mol. The fraction of sp³-hybridized carbons (Fsp3) is 0.556. The molecule has 0 amide bonds. The first-order valence-electron chi connectivity index (χ1n) is 7.91. The van der Waals surface area contributed by atoms with Gasteiger partial charge in [0.25, 0.3) is 0 Å². The van der Waals surface area contributed by atoms with Gasteiger partial charge in [0.1, 0.15) is 0 Å². The van der Waals surface area contributed by atoms with Crippen molar-refractivity contribution in [1.82, 2.24) is 0 Å². The first-order valence-corrected chi connectivity index (χ1v) is 10.6. The Kier molecular flexibility index (Phi) is 6.60. The molecule has 4 aliphatic rings. The molecule has 0 saturated heterocycles. The van der Waals surface area contributed by atoms with Gasteiger partial charge in [-0.1, -0.05) is 0 Å². The number of allylic oxidation sites excluding steroid dienone is 8. The zero-order valence-electron chi connectivity index (χ0n) is 12.2. The van der Waals surface area contributed by atoms with Crippen molar-refractivity contribution in [3.8, 4) is 0 Å². The van der Waals surface area contributed by atoms with Crippen LogP contribution in [0.15, 0.2) is 45.8 Å². The van der Waals surface area contributed by atoms with E-state index in [1.807, 2.05) is 3.28 Å². The molecule has 112 valence electrons. The molecule has 5 atom stereocenters. The number of hydrogen-bond donors (Lipinski definition) is 0. The van der Waals surface area contributed by atoms with Crippen LogP contribution in [0.4, 0.5) is 0 Å². The van der Waals surface area contributed by atoms with Crippen molar-refractivity contribution in [3.63, 3.8) is 0 Å². The molecule has 4 rings (SSSR count). The molecule has 0 aromatic carbocycles. The Morgan fingerprint density at radius 1 is 0.857 bits per heavy atom. The van der Waals surface area contributed by atoms with Gasteiger partial charge < -0.3 is 24.8 Å². The largest absolute Gasteiger partial charge is 1.00 e. The summed E-state index contributed by atoms with van der Waals surface area (Å²) >= 11 is -0.369. The van der Waals surface area contributed by atoms with Gasteiger partial charge in [0.15, 0.2) is 0 Å². The second-order valence-corrected chi connectivity index (χ2v) is 10.5. The van der Waals surface area contributed by atoms with Crippen molar-refractivity contribution in [2.24, 2.45) is 23.7 Å². The predicted octanol–water partition coefficient (Wildman–Crippen LogP) is -1.11. The third-order valence-corrected chi connectivity index (χ3v) is 10.2. The van der Waals surface area contributed by atoms with Crippen molar-refractivity contribution in [2.75, 3.05) is 0 Å². The van der Waals surface area contributed by atoms with Gasteiger partial charge in [0, 0.05) is 0 Å². The SMILES string of the molecule is C1=CC[C]([Zr+2][CH]2C3C=CC=CC3C3CCCCC32)=C1.[Cl-].[Cl-]. The first kappa shape index (κ1) is 17.8. The van der Waals surface area contributed by atoms with E-state index in [1.165, 1.54) is 32.1 Å². The Labute approximate surface area is 152 Å². The number of rotatable bonds is 2. The summed E-state index contributed by atoms with van der Waals surface area (Å²) < 4.78 is 2.94. The topological polar surface area (TPSA) is 0 Å². The second kappa shape index (κ2) is 7.80. The summed E-state index contributed by atoms with van der Waals surface area (Å²) in [6.45, 7) is 0.